The minimum atomic E-state index is -3.03. The Bertz CT molecular complexity index is 621. The van der Waals surface area contributed by atoms with Crippen molar-refractivity contribution in [2.24, 2.45) is 0 Å². The summed E-state index contributed by atoms with van der Waals surface area (Å²) in [6.45, 7) is 0.394. The molecule has 1 saturated heterocycles. The zero-order chi connectivity index (χ0) is 14.8. The molecule has 1 aliphatic rings. The lowest BCUT2D eigenvalue weighted by Crippen LogP contribution is -2.46. The molecule has 1 aromatic carbocycles. The first-order chi connectivity index (χ1) is 9.35. The van der Waals surface area contributed by atoms with Crippen molar-refractivity contribution in [2.75, 3.05) is 23.4 Å². The first-order valence-corrected chi connectivity index (χ1v) is 9.04. The Morgan fingerprint density at radius 2 is 2.25 bits per heavy atom. The van der Waals surface area contributed by atoms with E-state index in [0.29, 0.717) is 21.7 Å². The molecule has 0 spiro atoms. The number of carbonyl (C=O) groups is 1. The second-order valence-electron chi connectivity index (χ2n) is 4.64. The maximum atomic E-state index is 11.9. The van der Waals surface area contributed by atoms with E-state index in [-0.39, 0.29) is 29.9 Å². The lowest BCUT2D eigenvalue weighted by atomic mass is 10.2. The molecule has 0 aromatic heterocycles. The van der Waals surface area contributed by atoms with Gasteiger partial charge < -0.3 is 10.6 Å². The van der Waals surface area contributed by atoms with Crippen LogP contribution in [0.25, 0.3) is 0 Å². The molecule has 5 nitrogen and oxygen atoms in total. The van der Waals surface area contributed by atoms with Crippen LogP contribution in [-0.2, 0) is 14.6 Å². The molecule has 1 aliphatic heterocycles. The number of nitrogens with one attached hydrogen (secondary N) is 2. The standard InChI is InChI=1S/C12H14BrClN2O3S/c13-10-5-8(14)1-2-11(10)16-12(17)6-9-7-20(18,19)4-3-15-9/h1-2,5,9,15H,3-4,6-7H2,(H,16,17). The van der Waals surface area contributed by atoms with Gasteiger partial charge in [0.25, 0.3) is 0 Å². The van der Waals surface area contributed by atoms with Crippen molar-refractivity contribution in [3.8, 4) is 0 Å². The lowest BCUT2D eigenvalue weighted by Gasteiger charge is -2.23. The van der Waals surface area contributed by atoms with Crippen LogP contribution in [0.3, 0.4) is 0 Å². The topological polar surface area (TPSA) is 75.3 Å². The van der Waals surface area contributed by atoms with Crippen LogP contribution in [0.1, 0.15) is 6.42 Å². The van der Waals surface area contributed by atoms with E-state index in [1.54, 1.807) is 18.2 Å². The van der Waals surface area contributed by atoms with Gasteiger partial charge in [0.2, 0.25) is 5.91 Å². The van der Waals surface area contributed by atoms with Crippen molar-refractivity contribution >= 4 is 49.0 Å². The number of hydrogen-bond acceptors (Lipinski definition) is 4. The Balaban J connectivity index is 1.95. The van der Waals surface area contributed by atoms with Crippen molar-refractivity contribution < 1.29 is 13.2 Å². The Morgan fingerprint density at radius 1 is 1.50 bits per heavy atom. The molecule has 0 aliphatic carbocycles. The summed E-state index contributed by atoms with van der Waals surface area (Å²) in [6, 6.07) is 4.71. The van der Waals surface area contributed by atoms with Gasteiger partial charge in [0.15, 0.2) is 9.84 Å². The Labute approximate surface area is 131 Å². The number of sulfone groups is 1. The van der Waals surface area contributed by atoms with Crippen molar-refractivity contribution in [1.82, 2.24) is 5.32 Å². The van der Waals surface area contributed by atoms with E-state index in [2.05, 4.69) is 26.6 Å². The van der Waals surface area contributed by atoms with Crippen molar-refractivity contribution in [3.63, 3.8) is 0 Å². The highest BCUT2D eigenvalue weighted by Crippen LogP contribution is 2.26. The monoisotopic (exact) mass is 380 g/mol. The van der Waals surface area contributed by atoms with E-state index < -0.39 is 9.84 Å². The fourth-order valence-electron chi connectivity index (χ4n) is 2.01. The number of anilines is 1. The Hall–Kier alpha value is -0.630. The minimum Gasteiger partial charge on any atom is -0.325 e. The average molecular weight is 382 g/mol. The van der Waals surface area contributed by atoms with Gasteiger partial charge >= 0.3 is 0 Å². The third-order valence-corrected chi connectivity index (χ3v) is 5.57. The van der Waals surface area contributed by atoms with Crippen LogP contribution < -0.4 is 10.6 Å². The van der Waals surface area contributed by atoms with E-state index in [1.807, 2.05) is 0 Å². The van der Waals surface area contributed by atoms with Gasteiger partial charge in [0.1, 0.15) is 0 Å². The third kappa shape index (κ3) is 4.44. The molecule has 20 heavy (non-hydrogen) atoms. The maximum absolute atomic E-state index is 11.9. The second kappa shape index (κ2) is 6.43. The quantitative estimate of drug-likeness (QED) is 0.837. The highest BCUT2D eigenvalue weighted by atomic mass is 79.9. The van der Waals surface area contributed by atoms with Crippen LogP contribution in [0, 0.1) is 0 Å². The molecule has 1 fully saturated rings. The fraction of sp³-hybridized carbons (Fsp3) is 0.417. The van der Waals surface area contributed by atoms with Crippen LogP contribution >= 0.6 is 27.5 Å². The summed E-state index contributed by atoms with van der Waals surface area (Å²) in [7, 11) is -3.03. The maximum Gasteiger partial charge on any atom is 0.226 e. The molecule has 2 N–H and O–H groups in total. The summed E-state index contributed by atoms with van der Waals surface area (Å²) >= 11 is 9.13. The van der Waals surface area contributed by atoms with Crippen molar-refractivity contribution in [2.45, 2.75) is 12.5 Å². The molecule has 1 unspecified atom stereocenters. The highest BCUT2D eigenvalue weighted by molar-refractivity contribution is 9.10. The van der Waals surface area contributed by atoms with Crippen LogP contribution in [0.15, 0.2) is 22.7 Å². The SMILES string of the molecule is O=C(CC1CS(=O)(=O)CCN1)Nc1ccc(Cl)cc1Br. The van der Waals surface area contributed by atoms with E-state index >= 15 is 0 Å². The summed E-state index contributed by atoms with van der Waals surface area (Å²) in [5.41, 5.74) is 0.609. The molecule has 0 radical (unpaired) electrons. The zero-order valence-electron chi connectivity index (χ0n) is 10.5. The third-order valence-electron chi connectivity index (χ3n) is 2.94. The summed E-state index contributed by atoms with van der Waals surface area (Å²) < 4.78 is 23.7. The van der Waals surface area contributed by atoms with E-state index in [0.717, 1.165) is 0 Å². The number of amides is 1. The number of halogens is 2. The Kier molecular flexibility index (Phi) is 5.06. The summed E-state index contributed by atoms with van der Waals surface area (Å²) in [5, 5.41) is 6.34. The van der Waals surface area contributed by atoms with E-state index in [4.69, 9.17) is 11.6 Å². The van der Waals surface area contributed by atoms with Crippen LogP contribution in [0.4, 0.5) is 5.69 Å². The van der Waals surface area contributed by atoms with Gasteiger partial charge in [0, 0.05) is 28.5 Å². The molecule has 8 heteroatoms. The largest absolute Gasteiger partial charge is 0.325 e. The van der Waals surface area contributed by atoms with Crippen molar-refractivity contribution in [1.29, 1.82) is 0 Å². The van der Waals surface area contributed by atoms with Gasteiger partial charge in [-0.2, -0.15) is 0 Å². The molecular weight excluding hydrogens is 368 g/mol. The predicted molar refractivity (Wildman–Crippen MR) is 82.8 cm³/mol. The van der Waals surface area contributed by atoms with Crippen LogP contribution in [0.5, 0.6) is 0 Å². The first-order valence-electron chi connectivity index (χ1n) is 6.04. The molecule has 1 aromatic rings. The highest BCUT2D eigenvalue weighted by Gasteiger charge is 2.26. The minimum absolute atomic E-state index is 0.00219. The van der Waals surface area contributed by atoms with Gasteiger partial charge in [-0.05, 0) is 34.1 Å². The van der Waals surface area contributed by atoms with Gasteiger partial charge in [-0.3, -0.25) is 4.79 Å². The number of rotatable bonds is 3. The molecule has 1 heterocycles. The van der Waals surface area contributed by atoms with Crippen molar-refractivity contribution in [3.05, 3.63) is 27.7 Å². The fourth-order valence-corrected chi connectivity index (χ4v) is 4.24. The normalized spacial score (nSPS) is 21.4. The molecule has 1 atom stereocenters. The van der Waals surface area contributed by atoms with E-state index in [9.17, 15) is 13.2 Å². The molecule has 110 valence electrons. The summed E-state index contributed by atoms with van der Waals surface area (Å²) in [5.74, 6) is -0.0987. The Morgan fingerprint density at radius 3 is 2.90 bits per heavy atom. The van der Waals surface area contributed by atoms with Gasteiger partial charge in [-0.25, -0.2) is 8.42 Å². The zero-order valence-corrected chi connectivity index (χ0v) is 13.7. The molecule has 0 bridgehead atoms. The van der Waals surface area contributed by atoms with Gasteiger partial charge in [0.05, 0.1) is 17.2 Å². The molecule has 2 rings (SSSR count). The number of carbonyl (C=O) groups excluding carboxylic acids is 1. The summed E-state index contributed by atoms with van der Waals surface area (Å²) in [4.78, 5) is 11.9. The lowest BCUT2D eigenvalue weighted by molar-refractivity contribution is -0.116. The van der Waals surface area contributed by atoms with Gasteiger partial charge in [-0.1, -0.05) is 11.6 Å². The average Bonchev–Trinajstić information content (AvgIpc) is 2.31. The predicted octanol–water partition coefficient (Wildman–Crippen LogP) is 1.82. The van der Waals surface area contributed by atoms with Gasteiger partial charge in [-0.15, -0.1) is 0 Å². The molecule has 1 amide bonds. The number of hydrogen-bond donors (Lipinski definition) is 2. The summed E-state index contributed by atoms with van der Waals surface area (Å²) in [6.07, 6.45) is 0.119. The van der Waals surface area contributed by atoms with E-state index in [1.165, 1.54) is 0 Å². The first kappa shape index (κ1) is 15.8. The second-order valence-corrected chi connectivity index (χ2v) is 8.16. The number of benzene rings is 1. The smallest absolute Gasteiger partial charge is 0.226 e. The van der Waals surface area contributed by atoms with Crippen LogP contribution in [-0.4, -0.2) is 38.4 Å². The van der Waals surface area contributed by atoms with Crippen LogP contribution in [0.2, 0.25) is 5.02 Å². The molecular formula is C12H14BrClN2O3S. The molecule has 0 saturated carbocycles.